The van der Waals surface area contributed by atoms with Crippen molar-refractivity contribution in [2.24, 2.45) is 4.99 Å². The quantitative estimate of drug-likeness (QED) is 0.138. The van der Waals surface area contributed by atoms with Crippen LogP contribution in [0.2, 0.25) is 0 Å². The Bertz CT molecular complexity index is 2430. The molecule has 7 aromatic rings. The Balaban J connectivity index is 1.22. The van der Waals surface area contributed by atoms with E-state index in [4.69, 9.17) is 14.7 Å². The lowest BCUT2D eigenvalue weighted by Gasteiger charge is -2.37. The molecule has 0 saturated carbocycles. The number of anilines is 2. The first-order valence-corrected chi connectivity index (χ1v) is 18.1. The zero-order valence-corrected chi connectivity index (χ0v) is 30.4. The molecule has 1 aliphatic rings. The molecule has 10 heteroatoms. The van der Waals surface area contributed by atoms with Crippen molar-refractivity contribution in [3.05, 3.63) is 216 Å². The van der Waals surface area contributed by atoms with Gasteiger partial charge in [-0.15, -0.1) is 0 Å². The van der Waals surface area contributed by atoms with Crippen molar-refractivity contribution in [2.75, 3.05) is 17.3 Å². The Hall–Kier alpha value is -7.33. The molecule has 1 aromatic heterocycles. The van der Waals surface area contributed by atoms with Crippen LogP contribution >= 0.6 is 0 Å². The van der Waals surface area contributed by atoms with Gasteiger partial charge in [-0.2, -0.15) is 0 Å². The number of carbonyl (C=O) groups excluding carboxylic acids is 2. The molecule has 0 radical (unpaired) electrons. The summed E-state index contributed by atoms with van der Waals surface area (Å²) >= 11 is 0. The molecule has 0 unspecified atom stereocenters. The number of urea groups is 1. The number of benzene rings is 6. The maximum atomic E-state index is 15.5. The SMILES string of the molecule is COc1cccc(NC(=O)N[C@@H]2N=C(c3ccccc3F)c3ccccc3N(Cc3cn(C(c4ccccc4)(c4ccccc4)c4ccccc4)cn3)C2=O)c1. The Labute approximate surface area is 323 Å². The largest absolute Gasteiger partial charge is 0.497 e. The summed E-state index contributed by atoms with van der Waals surface area (Å²) in [4.78, 5) is 39.5. The van der Waals surface area contributed by atoms with E-state index in [-0.39, 0.29) is 17.8 Å². The monoisotopic (exact) mass is 740 g/mol. The van der Waals surface area contributed by atoms with Gasteiger partial charge >= 0.3 is 6.03 Å². The van der Waals surface area contributed by atoms with E-state index in [1.54, 1.807) is 65.8 Å². The number of hydrogen-bond donors (Lipinski definition) is 2. The normalized spacial score (nSPS) is 14.0. The number of aromatic nitrogens is 2. The number of aliphatic imine (C=N–C) groups is 1. The molecule has 0 bridgehead atoms. The highest BCUT2D eigenvalue weighted by Crippen LogP contribution is 2.41. The standard InChI is InChI=1S/C46H37FN6O3/c1-56-37-23-15-22-35(28-37)49-45(55)51-43-44(54)53(41-27-14-12-25-39(41)42(50-43)38-24-11-13-26-40(38)47)30-36-29-52(31-48-36)46(32-16-5-2-6-17-32,33-18-7-3-8-19-33)34-20-9-4-10-21-34/h2-29,31,43H,30H2,1H3,(H2,49,51,55)/t43-/m0/s1. The van der Waals surface area contributed by atoms with E-state index in [1.807, 2.05) is 72.9 Å². The van der Waals surface area contributed by atoms with Gasteiger partial charge in [-0.25, -0.2) is 19.2 Å². The van der Waals surface area contributed by atoms with Gasteiger partial charge in [0, 0.05) is 29.1 Å². The molecule has 9 nitrogen and oxygen atoms in total. The number of halogens is 1. The maximum Gasteiger partial charge on any atom is 0.321 e. The highest BCUT2D eigenvalue weighted by Gasteiger charge is 2.39. The minimum absolute atomic E-state index is 0.0209. The summed E-state index contributed by atoms with van der Waals surface area (Å²) in [6.45, 7) is 0.0209. The van der Waals surface area contributed by atoms with E-state index in [0.717, 1.165) is 16.7 Å². The number of hydrogen-bond acceptors (Lipinski definition) is 5. The van der Waals surface area contributed by atoms with Crippen LogP contribution in [-0.2, 0) is 16.9 Å². The second kappa shape index (κ2) is 15.6. The van der Waals surface area contributed by atoms with E-state index >= 15 is 4.39 Å². The van der Waals surface area contributed by atoms with E-state index in [2.05, 4.69) is 51.6 Å². The molecule has 276 valence electrons. The number of nitrogens with one attached hydrogen (secondary N) is 2. The summed E-state index contributed by atoms with van der Waals surface area (Å²) in [6, 6.07) is 50.3. The number of fused-ring (bicyclic) bond motifs is 1. The van der Waals surface area contributed by atoms with Crippen LogP contribution in [0.25, 0.3) is 0 Å². The van der Waals surface area contributed by atoms with Crippen LogP contribution in [0, 0.1) is 5.82 Å². The molecular formula is C46H37FN6O3. The molecule has 6 aromatic carbocycles. The Morgan fingerprint density at radius 3 is 1.96 bits per heavy atom. The van der Waals surface area contributed by atoms with Crippen molar-refractivity contribution in [1.82, 2.24) is 14.9 Å². The minimum atomic E-state index is -1.43. The molecule has 2 N–H and O–H groups in total. The van der Waals surface area contributed by atoms with E-state index in [9.17, 15) is 9.59 Å². The molecule has 0 spiro atoms. The van der Waals surface area contributed by atoms with Crippen LogP contribution in [0.4, 0.5) is 20.6 Å². The Morgan fingerprint density at radius 2 is 1.34 bits per heavy atom. The van der Waals surface area contributed by atoms with E-state index in [0.29, 0.717) is 28.4 Å². The lowest BCUT2D eigenvalue weighted by Crippen LogP contribution is -2.48. The molecular weight excluding hydrogens is 704 g/mol. The highest BCUT2D eigenvalue weighted by molar-refractivity contribution is 6.20. The number of ether oxygens (including phenoxy) is 1. The van der Waals surface area contributed by atoms with Gasteiger partial charge in [0.05, 0.1) is 37.1 Å². The van der Waals surface area contributed by atoms with E-state index < -0.39 is 29.5 Å². The predicted octanol–water partition coefficient (Wildman–Crippen LogP) is 8.40. The van der Waals surface area contributed by atoms with Crippen molar-refractivity contribution in [1.29, 1.82) is 0 Å². The summed E-state index contributed by atoms with van der Waals surface area (Å²) in [7, 11) is 1.53. The van der Waals surface area contributed by atoms with E-state index in [1.165, 1.54) is 13.2 Å². The third-order valence-corrected chi connectivity index (χ3v) is 9.85. The first-order valence-electron chi connectivity index (χ1n) is 18.1. The van der Waals surface area contributed by atoms with Crippen molar-refractivity contribution < 1.29 is 18.7 Å². The topological polar surface area (TPSA) is 101 Å². The lowest BCUT2D eigenvalue weighted by molar-refractivity contribution is -0.120. The Morgan fingerprint density at radius 1 is 0.750 bits per heavy atom. The van der Waals surface area contributed by atoms with Crippen LogP contribution in [0.1, 0.15) is 33.5 Å². The molecule has 1 atom stereocenters. The fourth-order valence-electron chi connectivity index (χ4n) is 7.32. The van der Waals surface area contributed by atoms with Gasteiger partial charge in [0.25, 0.3) is 5.91 Å². The maximum absolute atomic E-state index is 15.5. The Kier molecular flexibility index (Phi) is 9.92. The van der Waals surface area contributed by atoms with Crippen LogP contribution < -0.4 is 20.3 Å². The molecule has 0 aliphatic carbocycles. The average Bonchev–Trinajstić information content (AvgIpc) is 3.68. The van der Waals surface area contributed by atoms with Crippen LogP contribution in [-0.4, -0.2) is 40.5 Å². The second-order valence-corrected chi connectivity index (χ2v) is 13.2. The summed E-state index contributed by atoms with van der Waals surface area (Å²) in [5, 5.41) is 5.50. The van der Waals surface area contributed by atoms with Gasteiger partial charge < -0.3 is 24.8 Å². The van der Waals surface area contributed by atoms with Crippen LogP contribution in [0.5, 0.6) is 5.75 Å². The van der Waals surface area contributed by atoms with Gasteiger partial charge in [0.15, 0.2) is 0 Å². The number of amides is 3. The molecule has 0 saturated heterocycles. The fourth-order valence-corrected chi connectivity index (χ4v) is 7.32. The summed E-state index contributed by atoms with van der Waals surface area (Å²) in [5.74, 6) is -0.496. The number of imidazole rings is 1. The van der Waals surface area contributed by atoms with Crippen LogP contribution in [0.15, 0.2) is 181 Å². The number of nitrogens with zero attached hydrogens (tertiary/aromatic N) is 4. The number of methoxy groups -OCH3 is 1. The van der Waals surface area contributed by atoms with Crippen molar-refractivity contribution in [2.45, 2.75) is 18.2 Å². The first-order chi connectivity index (χ1) is 27.4. The molecule has 0 fully saturated rings. The molecule has 2 heterocycles. The summed E-state index contributed by atoms with van der Waals surface area (Å²) < 4.78 is 22.9. The predicted molar refractivity (Wildman–Crippen MR) is 215 cm³/mol. The minimum Gasteiger partial charge on any atom is -0.497 e. The summed E-state index contributed by atoms with van der Waals surface area (Å²) in [6.07, 6.45) is 2.31. The van der Waals surface area contributed by atoms with Gasteiger partial charge in [0.1, 0.15) is 17.1 Å². The number of carbonyl (C=O) groups is 2. The fraction of sp³-hybridized carbons (Fsp3) is 0.0870. The molecule has 8 rings (SSSR count). The smallest absolute Gasteiger partial charge is 0.321 e. The summed E-state index contributed by atoms with van der Waals surface area (Å²) in [5.41, 5.74) is 4.70. The zero-order valence-electron chi connectivity index (χ0n) is 30.4. The number of benzodiazepines with no additional fused rings is 1. The van der Waals surface area contributed by atoms with Gasteiger partial charge in [-0.3, -0.25) is 4.79 Å². The van der Waals surface area contributed by atoms with Crippen molar-refractivity contribution >= 4 is 29.0 Å². The highest BCUT2D eigenvalue weighted by atomic mass is 19.1. The van der Waals surface area contributed by atoms with Crippen molar-refractivity contribution in [3.8, 4) is 5.75 Å². The van der Waals surface area contributed by atoms with Crippen LogP contribution in [0.3, 0.4) is 0 Å². The second-order valence-electron chi connectivity index (χ2n) is 13.2. The van der Waals surface area contributed by atoms with Gasteiger partial charge in [0.2, 0.25) is 6.17 Å². The van der Waals surface area contributed by atoms with Gasteiger partial charge in [-0.05, 0) is 47.0 Å². The zero-order chi connectivity index (χ0) is 38.5. The lowest BCUT2D eigenvalue weighted by atomic mass is 9.77. The molecule has 1 aliphatic heterocycles. The molecule has 3 amide bonds. The number of rotatable bonds is 10. The number of para-hydroxylation sites is 1. The average molecular weight is 741 g/mol. The molecule has 56 heavy (non-hydrogen) atoms. The third-order valence-electron chi connectivity index (χ3n) is 9.85. The van der Waals surface area contributed by atoms with Crippen molar-refractivity contribution in [3.63, 3.8) is 0 Å². The first kappa shape index (κ1) is 35.7. The third kappa shape index (κ3) is 6.80. The van der Waals surface area contributed by atoms with Gasteiger partial charge in [-0.1, -0.05) is 127 Å².